The van der Waals surface area contributed by atoms with Crippen molar-refractivity contribution in [1.82, 2.24) is 20.0 Å². The van der Waals surface area contributed by atoms with Gasteiger partial charge in [-0.2, -0.15) is 5.10 Å². The van der Waals surface area contributed by atoms with Crippen molar-refractivity contribution in [2.75, 3.05) is 32.1 Å². The molecule has 5 nitrogen and oxygen atoms in total. The molecule has 120 valence electrons. The van der Waals surface area contributed by atoms with Crippen molar-refractivity contribution in [2.45, 2.75) is 52.2 Å². The molecule has 1 aromatic rings. The van der Waals surface area contributed by atoms with E-state index in [4.69, 9.17) is 0 Å². The highest BCUT2D eigenvalue weighted by Crippen LogP contribution is 2.27. The Labute approximate surface area is 129 Å². The molecule has 2 rings (SSSR count). The lowest BCUT2D eigenvalue weighted by Gasteiger charge is -2.36. The highest BCUT2D eigenvalue weighted by atomic mass is 15.4. The van der Waals surface area contributed by atoms with Crippen LogP contribution in [0.3, 0.4) is 0 Å². The molecule has 1 aliphatic rings. The van der Waals surface area contributed by atoms with Gasteiger partial charge in [0.2, 0.25) is 0 Å². The number of aryl methyl sites for hydroxylation is 2. The number of hydrogen-bond acceptors (Lipinski definition) is 4. The van der Waals surface area contributed by atoms with E-state index < -0.39 is 0 Å². The van der Waals surface area contributed by atoms with Crippen molar-refractivity contribution in [2.24, 2.45) is 7.05 Å². The summed E-state index contributed by atoms with van der Waals surface area (Å²) in [4.78, 5) is 4.87. The Morgan fingerprint density at radius 3 is 2.43 bits per heavy atom. The van der Waals surface area contributed by atoms with Crippen molar-refractivity contribution in [1.29, 1.82) is 0 Å². The van der Waals surface area contributed by atoms with Crippen molar-refractivity contribution in [3.8, 4) is 0 Å². The van der Waals surface area contributed by atoms with E-state index in [0.29, 0.717) is 12.1 Å². The van der Waals surface area contributed by atoms with Crippen molar-refractivity contribution < 1.29 is 0 Å². The lowest BCUT2D eigenvalue weighted by atomic mass is 10.0. The fourth-order valence-electron chi connectivity index (χ4n) is 3.19. The molecule has 1 fully saturated rings. The molecule has 0 aliphatic carbocycles. The summed E-state index contributed by atoms with van der Waals surface area (Å²) in [6.45, 7) is 9.64. The molecule has 1 N–H and O–H groups in total. The van der Waals surface area contributed by atoms with Crippen LogP contribution in [0.5, 0.6) is 0 Å². The molecule has 0 saturated carbocycles. The second-order valence-electron chi connectivity index (χ2n) is 6.73. The zero-order chi connectivity index (χ0) is 15.6. The standard InChI is InChI=1S/C16H31N5/c1-12(2)17-11-15-13(3)18-20(6)16(15)21-9-7-14(8-10-21)19(4)5/h12,14,17H,7-11H2,1-6H3. The van der Waals surface area contributed by atoms with Crippen LogP contribution in [-0.2, 0) is 13.6 Å². The molecule has 0 spiro atoms. The van der Waals surface area contributed by atoms with E-state index in [-0.39, 0.29) is 0 Å². The van der Waals surface area contributed by atoms with Crippen LogP contribution in [0.25, 0.3) is 0 Å². The van der Waals surface area contributed by atoms with Crippen LogP contribution in [0.15, 0.2) is 0 Å². The van der Waals surface area contributed by atoms with E-state index in [2.05, 4.69) is 66.8 Å². The Morgan fingerprint density at radius 1 is 1.29 bits per heavy atom. The van der Waals surface area contributed by atoms with Gasteiger partial charge in [-0.05, 0) is 33.9 Å². The van der Waals surface area contributed by atoms with E-state index in [1.165, 1.54) is 24.2 Å². The predicted octanol–water partition coefficient (Wildman–Crippen LogP) is 1.76. The summed E-state index contributed by atoms with van der Waals surface area (Å²) in [6, 6.07) is 1.21. The molecule has 5 heteroatoms. The molecule has 2 heterocycles. The summed E-state index contributed by atoms with van der Waals surface area (Å²) in [5.74, 6) is 1.30. The first-order valence-electron chi connectivity index (χ1n) is 8.07. The van der Waals surface area contributed by atoms with Crippen LogP contribution >= 0.6 is 0 Å². The molecule has 0 amide bonds. The normalized spacial score (nSPS) is 17.2. The van der Waals surface area contributed by atoms with Gasteiger partial charge in [0.15, 0.2) is 0 Å². The van der Waals surface area contributed by atoms with Crippen molar-refractivity contribution in [3.05, 3.63) is 11.3 Å². The molecule has 0 unspecified atom stereocenters. The van der Waals surface area contributed by atoms with Crippen molar-refractivity contribution in [3.63, 3.8) is 0 Å². The molecule has 0 radical (unpaired) electrons. The molecule has 1 aromatic heterocycles. The predicted molar refractivity (Wildman–Crippen MR) is 88.8 cm³/mol. The zero-order valence-electron chi connectivity index (χ0n) is 14.5. The van der Waals surface area contributed by atoms with Crippen LogP contribution in [0, 0.1) is 6.92 Å². The average Bonchev–Trinajstić information content (AvgIpc) is 2.70. The minimum atomic E-state index is 0.497. The summed E-state index contributed by atoms with van der Waals surface area (Å²) in [6.07, 6.45) is 2.46. The second kappa shape index (κ2) is 6.79. The van der Waals surface area contributed by atoms with E-state index in [1.54, 1.807) is 0 Å². The second-order valence-corrected chi connectivity index (χ2v) is 6.73. The maximum absolute atomic E-state index is 4.64. The lowest BCUT2D eigenvalue weighted by Crippen LogP contribution is -2.43. The van der Waals surface area contributed by atoms with E-state index in [0.717, 1.165) is 25.3 Å². The molecule has 21 heavy (non-hydrogen) atoms. The van der Waals surface area contributed by atoms with Crippen LogP contribution in [-0.4, -0.2) is 53.9 Å². The molecular formula is C16H31N5. The molecule has 1 saturated heterocycles. The van der Waals surface area contributed by atoms with E-state index in [9.17, 15) is 0 Å². The average molecular weight is 293 g/mol. The topological polar surface area (TPSA) is 36.3 Å². The van der Waals surface area contributed by atoms with Crippen LogP contribution in [0.4, 0.5) is 5.82 Å². The fraction of sp³-hybridized carbons (Fsp3) is 0.812. The first kappa shape index (κ1) is 16.3. The summed E-state index contributed by atoms with van der Waals surface area (Å²) in [7, 11) is 6.44. The van der Waals surface area contributed by atoms with Gasteiger partial charge in [-0.25, -0.2) is 0 Å². The Balaban J connectivity index is 2.12. The fourth-order valence-corrected chi connectivity index (χ4v) is 3.19. The number of hydrogen-bond donors (Lipinski definition) is 1. The summed E-state index contributed by atoms with van der Waals surface area (Å²) < 4.78 is 2.06. The van der Waals surface area contributed by atoms with Crippen LogP contribution in [0.1, 0.15) is 37.9 Å². The quantitative estimate of drug-likeness (QED) is 0.897. The minimum Gasteiger partial charge on any atom is -0.356 e. The van der Waals surface area contributed by atoms with Crippen LogP contribution < -0.4 is 10.2 Å². The highest BCUT2D eigenvalue weighted by Gasteiger charge is 2.25. The molecular weight excluding hydrogens is 262 g/mol. The molecule has 1 aliphatic heterocycles. The number of aromatic nitrogens is 2. The number of nitrogens with zero attached hydrogens (tertiary/aromatic N) is 4. The summed E-state index contributed by atoms with van der Waals surface area (Å²) >= 11 is 0. The smallest absolute Gasteiger partial charge is 0.131 e. The molecule has 0 atom stereocenters. The van der Waals surface area contributed by atoms with Gasteiger partial charge in [-0.1, -0.05) is 13.8 Å². The van der Waals surface area contributed by atoms with Gasteiger partial charge in [-0.15, -0.1) is 0 Å². The largest absolute Gasteiger partial charge is 0.356 e. The van der Waals surface area contributed by atoms with Gasteiger partial charge in [-0.3, -0.25) is 4.68 Å². The Bertz CT molecular complexity index is 455. The maximum Gasteiger partial charge on any atom is 0.131 e. The number of anilines is 1. The van der Waals surface area contributed by atoms with E-state index >= 15 is 0 Å². The summed E-state index contributed by atoms with van der Waals surface area (Å²) in [5, 5.41) is 8.18. The van der Waals surface area contributed by atoms with Crippen molar-refractivity contribution >= 4 is 5.82 Å². The highest BCUT2D eigenvalue weighted by molar-refractivity contribution is 5.50. The maximum atomic E-state index is 4.64. The number of rotatable bonds is 5. The Hall–Kier alpha value is -1.07. The first-order valence-corrected chi connectivity index (χ1v) is 8.07. The third kappa shape index (κ3) is 3.77. The first-order chi connectivity index (χ1) is 9.90. The Morgan fingerprint density at radius 2 is 1.90 bits per heavy atom. The monoisotopic (exact) mass is 293 g/mol. The Kier molecular flexibility index (Phi) is 5.27. The van der Waals surface area contributed by atoms with Gasteiger partial charge >= 0.3 is 0 Å². The molecule has 0 bridgehead atoms. The summed E-state index contributed by atoms with van der Waals surface area (Å²) in [5.41, 5.74) is 2.50. The number of nitrogens with one attached hydrogen (secondary N) is 1. The van der Waals surface area contributed by atoms with Gasteiger partial charge in [0, 0.05) is 44.3 Å². The minimum absolute atomic E-state index is 0.497. The third-order valence-electron chi connectivity index (χ3n) is 4.49. The zero-order valence-corrected chi connectivity index (χ0v) is 14.5. The van der Waals surface area contributed by atoms with E-state index in [1.807, 2.05) is 0 Å². The van der Waals surface area contributed by atoms with Gasteiger partial charge in [0.05, 0.1) is 5.69 Å². The van der Waals surface area contributed by atoms with Crippen LogP contribution in [0.2, 0.25) is 0 Å². The lowest BCUT2D eigenvalue weighted by molar-refractivity contribution is 0.249. The van der Waals surface area contributed by atoms with Gasteiger partial charge in [0.25, 0.3) is 0 Å². The third-order valence-corrected chi connectivity index (χ3v) is 4.49. The molecule has 0 aromatic carbocycles. The number of piperidine rings is 1. The van der Waals surface area contributed by atoms with Gasteiger partial charge in [0.1, 0.15) is 5.82 Å². The SMILES string of the molecule is Cc1nn(C)c(N2CCC(N(C)C)CC2)c1CNC(C)C. The van der Waals surface area contributed by atoms with Gasteiger partial charge < -0.3 is 15.1 Å².